The van der Waals surface area contributed by atoms with Gasteiger partial charge in [0.15, 0.2) is 0 Å². The van der Waals surface area contributed by atoms with Gasteiger partial charge in [-0.15, -0.1) is 0 Å². The van der Waals surface area contributed by atoms with Crippen LogP contribution in [0.5, 0.6) is 0 Å². The zero-order valence-corrected chi connectivity index (χ0v) is 4.64. The topological polar surface area (TPSA) is 12.4 Å². The van der Waals surface area contributed by atoms with Crippen LogP contribution in [0.4, 0.5) is 8.78 Å². The van der Waals surface area contributed by atoms with Crippen molar-refractivity contribution in [2.75, 3.05) is 0 Å². The van der Waals surface area contributed by atoms with Crippen LogP contribution in [0, 0.1) is 0 Å². The molecule has 0 aromatic carbocycles. The Morgan fingerprint density at radius 3 is 3.00 bits per heavy atom. The molecule has 0 aliphatic carbocycles. The van der Waals surface area contributed by atoms with Crippen LogP contribution < -0.4 is 0 Å². The van der Waals surface area contributed by atoms with E-state index in [0.717, 1.165) is 6.08 Å². The van der Waals surface area contributed by atoms with E-state index in [4.69, 9.17) is 0 Å². The average molecular weight is 129 g/mol. The molecule has 3 heteroatoms. The van der Waals surface area contributed by atoms with Gasteiger partial charge in [-0.05, 0) is 18.6 Å². The Kier molecular flexibility index (Phi) is 1.72. The molecule has 0 aromatic heterocycles. The first kappa shape index (κ1) is 6.13. The Bertz CT molecular complexity index is 191. The molecule has 1 aliphatic heterocycles. The first-order valence-electron chi connectivity index (χ1n) is 2.55. The lowest BCUT2D eigenvalue weighted by Gasteiger charge is -1.80. The molecule has 48 valence electrons. The van der Waals surface area contributed by atoms with Gasteiger partial charge < -0.3 is 0 Å². The maximum Gasteiger partial charge on any atom is 0.215 e. The maximum atomic E-state index is 12.1. The lowest BCUT2D eigenvalue weighted by atomic mass is 10.4. The van der Waals surface area contributed by atoms with E-state index in [1.807, 2.05) is 0 Å². The van der Waals surface area contributed by atoms with Crippen LogP contribution in [0.1, 0.15) is 6.42 Å². The van der Waals surface area contributed by atoms with Crippen molar-refractivity contribution in [2.24, 2.45) is 4.99 Å². The quantitative estimate of drug-likeness (QED) is 0.444. The second-order valence-electron chi connectivity index (χ2n) is 1.60. The largest absolute Gasteiger partial charge is 0.215 e. The summed E-state index contributed by atoms with van der Waals surface area (Å²) in [7, 11) is 0. The summed E-state index contributed by atoms with van der Waals surface area (Å²) in [6.45, 7) is 0. The second-order valence-corrected chi connectivity index (χ2v) is 1.60. The summed E-state index contributed by atoms with van der Waals surface area (Å²) < 4.78 is 24.2. The van der Waals surface area contributed by atoms with Crippen LogP contribution in [0.2, 0.25) is 0 Å². The Hall–Kier alpha value is -0.990. The summed E-state index contributed by atoms with van der Waals surface area (Å²) in [5.41, 5.74) is 0. The lowest BCUT2D eigenvalue weighted by molar-refractivity contribution is 0.618. The molecule has 0 amide bonds. The molecule has 0 spiro atoms. The zero-order valence-electron chi connectivity index (χ0n) is 4.64. The average Bonchev–Trinajstić information content (AvgIpc) is 1.93. The predicted octanol–water partition coefficient (Wildman–Crippen LogP) is 2.13. The fraction of sp³-hybridized carbons (Fsp3) is 0.167. The number of hydrogen-bond donors (Lipinski definition) is 0. The Morgan fingerprint density at radius 2 is 2.22 bits per heavy atom. The third kappa shape index (κ3) is 1.76. The normalized spacial score (nSPS) is 18.4. The fourth-order valence-electron chi connectivity index (χ4n) is 0.516. The molecule has 0 bridgehead atoms. The summed E-state index contributed by atoms with van der Waals surface area (Å²) >= 11 is 0. The van der Waals surface area contributed by atoms with Crippen molar-refractivity contribution in [3.05, 3.63) is 24.2 Å². The molecule has 0 saturated carbocycles. The number of halogens is 2. The van der Waals surface area contributed by atoms with Gasteiger partial charge in [-0.25, -0.2) is 0 Å². The summed E-state index contributed by atoms with van der Waals surface area (Å²) in [4.78, 5) is 2.93. The summed E-state index contributed by atoms with van der Waals surface area (Å²) in [5, 5.41) is 0. The summed E-state index contributed by atoms with van der Waals surface area (Å²) in [6, 6.07) is 0. The third-order valence-electron chi connectivity index (χ3n) is 0.891. The highest BCUT2D eigenvalue weighted by atomic mass is 19.1. The highest BCUT2D eigenvalue weighted by Gasteiger charge is 1.96. The molecule has 0 fully saturated rings. The van der Waals surface area contributed by atoms with E-state index < -0.39 is 11.9 Å². The van der Waals surface area contributed by atoms with Gasteiger partial charge in [0.25, 0.3) is 0 Å². The van der Waals surface area contributed by atoms with Crippen LogP contribution in [0.3, 0.4) is 0 Å². The minimum absolute atomic E-state index is 0.406. The molecule has 0 N–H and O–H groups in total. The molecule has 0 unspecified atom stereocenters. The molecule has 0 radical (unpaired) electrons. The SMILES string of the molecule is FC1=CCC=CC(F)=N1. The summed E-state index contributed by atoms with van der Waals surface area (Å²) in [6.07, 6.45) is 4.26. The monoisotopic (exact) mass is 129 g/mol. The Morgan fingerprint density at radius 1 is 1.44 bits per heavy atom. The highest BCUT2D eigenvalue weighted by molar-refractivity contribution is 5.87. The van der Waals surface area contributed by atoms with Crippen LogP contribution in [-0.4, -0.2) is 5.97 Å². The standard InChI is InChI=1S/C6H5F2N/c7-5-3-1-2-4-6(8)9-5/h1,3-4H,2H2. The van der Waals surface area contributed by atoms with E-state index in [1.54, 1.807) is 0 Å². The van der Waals surface area contributed by atoms with E-state index >= 15 is 0 Å². The van der Waals surface area contributed by atoms with Crippen molar-refractivity contribution in [2.45, 2.75) is 6.42 Å². The molecule has 1 heterocycles. The maximum absolute atomic E-state index is 12.1. The van der Waals surface area contributed by atoms with Crippen LogP contribution in [0.25, 0.3) is 0 Å². The number of nitrogens with zero attached hydrogens (tertiary/aromatic N) is 1. The van der Waals surface area contributed by atoms with E-state index in [1.165, 1.54) is 12.2 Å². The first-order valence-corrected chi connectivity index (χ1v) is 2.55. The minimum atomic E-state index is -0.777. The van der Waals surface area contributed by atoms with Gasteiger partial charge in [0, 0.05) is 0 Å². The number of hydrogen-bond acceptors (Lipinski definition) is 1. The molecular weight excluding hydrogens is 124 g/mol. The number of allylic oxidation sites excluding steroid dienone is 3. The van der Waals surface area contributed by atoms with Gasteiger partial charge in [-0.3, -0.25) is 0 Å². The van der Waals surface area contributed by atoms with Crippen LogP contribution in [-0.2, 0) is 0 Å². The van der Waals surface area contributed by atoms with Crippen LogP contribution in [0.15, 0.2) is 29.2 Å². The van der Waals surface area contributed by atoms with Crippen molar-refractivity contribution in [3.8, 4) is 0 Å². The molecule has 0 saturated heterocycles. The van der Waals surface area contributed by atoms with Crippen molar-refractivity contribution in [3.63, 3.8) is 0 Å². The van der Waals surface area contributed by atoms with Gasteiger partial charge in [0.1, 0.15) is 0 Å². The molecule has 1 nitrogen and oxygen atoms in total. The molecular formula is C6H5F2N. The van der Waals surface area contributed by atoms with Gasteiger partial charge in [-0.1, -0.05) is 6.08 Å². The van der Waals surface area contributed by atoms with Crippen molar-refractivity contribution in [1.29, 1.82) is 0 Å². The van der Waals surface area contributed by atoms with E-state index in [2.05, 4.69) is 4.99 Å². The molecule has 1 rings (SSSR count). The van der Waals surface area contributed by atoms with Crippen molar-refractivity contribution in [1.82, 2.24) is 0 Å². The Balaban J connectivity index is 2.82. The Labute approximate surface area is 51.4 Å². The van der Waals surface area contributed by atoms with Gasteiger partial charge in [0.2, 0.25) is 11.9 Å². The van der Waals surface area contributed by atoms with Gasteiger partial charge >= 0.3 is 0 Å². The highest BCUT2D eigenvalue weighted by Crippen LogP contribution is 2.06. The predicted molar refractivity (Wildman–Crippen MR) is 31.5 cm³/mol. The van der Waals surface area contributed by atoms with Gasteiger partial charge in [-0.2, -0.15) is 13.8 Å². The molecule has 1 aliphatic rings. The lowest BCUT2D eigenvalue weighted by Crippen LogP contribution is -1.77. The second kappa shape index (κ2) is 2.53. The molecule has 0 aromatic rings. The van der Waals surface area contributed by atoms with E-state index in [-0.39, 0.29) is 0 Å². The molecule has 0 atom stereocenters. The summed E-state index contributed by atoms with van der Waals surface area (Å²) in [5.74, 6) is -1.53. The van der Waals surface area contributed by atoms with Gasteiger partial charge in [0.05, 0.1) is 0 Å². The first-order chi connectivity index (χ1) is 4.29. The van der Waals surface area contributed by atoms with Crippen molar-refractivity contribution < 1.29 is 8.78 Å². The third-order valence-corrected chi connectivity index (χ3v) is 0.891. The van der Waals surface area contributed by atoms with E-state index in [0.29, 0.717) is 6.42 Å². The number of rotatable bonds is 0. The fourth-order valence-corrected chi connectivity index (χ4v) is 0.516. The van der Waals surface area contributed by atoms with Crippen molar-refractivity contribution >= 4 is 5.97 Å². The number of aliphatic imine (C=N–C) groups is 1. The molecule has 9 heavy (non-hydrogen) atoms. The zero-order chi connectivity index (χ0) is 6.69. The smallest absolute Gasteiger partial charge is 0.191 e. The van der Waals surface area contributed by atoms with E-state index in [9.17, 15) is 8.78 Å². The van der Waals surface area contributed by atoms with Crippen LogP contribution >= 0.6 is 0 Å². The minimum Gasteiger partial charge on any atom is -0.191 e.